The van der Waals surface area contributed by atoms with Gasteiger partial charge in [-0.05, 0) is 19.9 Å². The lowest BCUT2D eigenvalue weighted by molar-refractivity contribution is 0.0886. The lowest BCUT2D eigenvalue weighted by Crippen LogP contribution is -2.13. The maximum atomic E-state index is 12.0. The first-order chi connectivity index (χ1) is 8.49. The van der Waals surface area contributed by atoms with Crippen LogP contribution in [0.3, 0.4) is 0 Å². The van der Waals surface area contributed by atoms with Crippen LogP contribution in [0.5, 0.6) is 0 Å². The third-order valence-corrected chi connectivity index (χ3v) is 2.73. The lowest BCUT2D eigenvalue weighted by atomic mass is 10.1. The summed E-state index contributed by atoms with van der Waals surface area (Å²) in [5.74, 6) is 0.981. The highest BCUT2D eigenvalue weighted by Crippen LogP contribution is 2.16. The Morgan fingerprint density at radius 1 is 1.33 bits per heavy atom. The molecular weight excluding hydrogens is 232 g/mol. The number of hydrogen-bond donors (Lipinski definition) is 0. The van der Waals surface area contributed by atoms with Crippen LogP contribution in [0.25, 0.3) is 0 Å². The van der Waals surface area contributed by atoms with Crippen molar-refractivity contribution in [1.29, 1.82) is 0 Å². The van der Waals surface area contributed by atoms with Crippen molar-refractivity contribution in [3.05, 3.63) is 41.4 Å². The third-order valence-electron chi connectivity index (χ3n) is 2.73. The zero-order valence-electron chi connectivity index (χ0n) is 10.6. The number of furan rings is 1. The summed E-state index contributed by atoms with van der Waals surface area (Å²) in [5, 5.41) is 0. The van der Waals surface area contributed by atoms with Gasteiger partial charge in [-0.25, -0.2) is 4.98 Å². The zero-order chi connectivity index (χ0) is 13.3. The van der Waals surface area contributed by atoms with Crippen molar-refractivity contribution in [3.8, 4) is 0 Å². The number of nitrogens with zero attached hydrogens (tertiary/aromatic N) is 2. The van der Waals surface area contributed by atoms with Crippen LogP contribution in [0.4, 0.5) is 0 Å². The van der Waals surface area contributed by atoms with E-state index in [0.29, 0.717) is 22.9 Å². The Balaban J connectivity index is 2.16. The number of ketones is 2. The Morgan fingerprint density at radius 2 is 2.06 bits per heavy atom. The molecule has 0 unspecified atom stereocenters. The average Bonchev–Trinajstić information content (AvgIpc) is 2.84. The summed E-state index contributed by atoms with van der Waals surface area (Å²) >= 11 is 0. The van der Waals surface area contributed by atoms with Crippen molar-refractivity contribution in [2.75, 3.05) is 0 Å². The fraction of sp³-hybridized carbons (Fsp3) is 0.308. The molecule has 0 N–H and O–H groups in total. The molecule has 0 saturated carbocycles. The number of Topliss-reactive ketones (excluding diaryl/α,β-unsaturated/α-hetero) is 2. The summed E-state index contributed by atoms with van der Waals surface area (Å²) in [4.78, 5) is 27.8. The molecule has 0 aromatic carbocycles. The van der Waals surface area contributed by atoms with E-state index in [-0.39, 0.29) is 18.0 Å². The second-order valence-electron chi connectivity index (χ2n) is 4.21. The van der Waals surface area contributed by atoms with Gasteiger partial charge in [0, 0.05) is 19.4 Å². The monoisotopic (exact) mass is 246 g/mol. The first-order valence-corrected chi connectivity index (χ1v) is 5.60. The number of hydrogen-bond acceptors (Lipinski definition) is 4. The highest BCUT2D eigenvalue weighted by molar-refractivity contribution is 6.12. The molecule has 5 heteroatoms. The van der Waals surface area contributed by atoms with E-state index >= 15 is 0 Å². The number of carbonyl (C=O) groups is 2. The number of imidazole rings is 1. The van der Waals surface area contributed by atoms with Crippen LogP contribution in [-0.4, -0.2) is 21.1 Å². The van der Waals surface area contributed by atoms with Crippen LogP contribution in [0.2, 0.25) is 0 Å². The molecule has 94 valence electrons. The summed E-state index contributed by atoms with van der Waals surface area (Å²) in [5.41, 5.74) is 0.468. The molecular formula is C13H14N2O3. The molecule has 0 fully saturated rings. The fourth-order valence-corrected chi connectivity index (χ4v) is 1.86. The summed E-state index contributed by atoms with van der Waals surface area (Å²) in [7, 11) is 1.72. The molecule has 0 saturated heterocycles. The van der Waals surface area contributed by atoms with Gasteiger partial charge >= 0.3 is 0 Å². The predicted molar refractivity (Wildman–Crippen MR) is 64.7 cm³/mol. The van der Waals surface area contributed by atoms with Crippen LogP contribution >= 0.6 is 0 Å². The van der Waals surface area contributed by atoms with Crippen LogP contribution in [-0.2, 0) is 7.05 Å². The number of carbonyl (C=O) groups excluding carboxylic acids is 2. The van der Waals surface area contributed by atoms with Gasteiger partial charge in [-0.3, -0.25) is 9.59 Å². The van der Waals surface area contributed by atoms with Crippen LogP contribution in [0, 0.1) is 13.8 Å². The van der Waals surface area contributed by atoms with Gasteiger partial charge in [0.25, 0.3) is 0 Å². The molecule has 0 aliphatic carbocycles. The minimum absolute atomic E-state index is 0.190. The first kappa shape index (κ1) is 12.3. The Hall–Kier alpha value is -2.17. The molecule has 2 aromatic rings. The van der Waals surface area contributed by atoms with Crippen molar-refractivity contribution in [2.45, 2.75) is 20.3 Å². The van der Waals surface area contributed by atoms with Crippen LogP contribution in [0.15, 0.2) is 22.9 Å². The van der Waals surface area contributed by atoms with Gasteiger partial charge in [-0.1, -0.05) is 0 Å². The Morgan fingerprint density at radius 3 is 2.56 bits per heavy atom. The van der Waals surface area contributed by atoms with Crippen molar-refractivity contribution in [1.82, 2.24) is 9.55 Å². The van der Waals surface area contributed by atoms with Crippen LogP contribution in [0.1, 0.15) is 38.9 Å². The number of aryl methyl sites for hydroxylation is 3. The largest absolute Gasteiger partial charge is 0.466 e. The molecule has 0 spiro atoms. The van der Waals surface area contributed by atoms with E-state index in [1.165, 1.54) is 6.20 Å². The van der Waals surface area contributed by atoms with E-state index < -0.39 is 0 Å². The first-order valence-electron chi connectivity index (χ1n) is 5.60. The van der Waals surface area contributed by atoms with Gasteiger partial charge in [-0.15, -0.1) is 0 Å². The molecule has 0 bridgehead atoms. The smallest absolute Gasteiger partial charge is 0.205 e. The zero-order valence-corrected chi connectivity index (χ0v) is 10.6. The van der Waals surface area contributed by atoms with Gasteiger partial charge in [0.15, 0.2) is 11.6 Å². The molecule has 0 atom stereocenters. The third kappa shape index (κ3) is 2.25. The highest BCUT2D eigenvalue weighted by Gasteiger charge is 2.20. The molecule has 0 radical (unpaired) electrons. The van der Waals surface area contributed by atoms with Crippen molar-refractivity contribution in [2.24, 2.45) is 7.05 Å². The summed E-state index contributed by atoms with van der Waals surface area (Å²) < 4.78 is 6.88. The molecule has 2 heterocycles. The Bertz CT molecular complexity index is 608. The Labute approximate surface area is 104 Å². The van der Waals surface area contributed by atoms with Crippen molar-refractivity contribution >= 4 is 11.6 Å². The predicted octanol–water partition coefficient (Wildman–Crippen LogP) is 2.09. The summed E-state index contributed by atoms with van der Waals surface area (Å²) in [6.07, 6.45) is 3.01. The molecule has 2 rings (SSSR count). The van der Waals surface area contributed by atoms with Gasteiger partial charge in [0.05, 0.1) is 12.0 Å². The SMILES string of the molecule is Cc1cc(C(=O)CC(=O)c2nccn2C)c(C)o1. The highest BCUT2D eigenvalue weighted by atomic mass is 16.3. The van der Waals surface area contributed by atoms with E-state index in [1.54, 1.807) is 37.7 Å². The topological polar surface area (TPSA) is 65.1 Å². The molecule has 5 nitrogen and oxygen atoms in total. The minimum atomic E-state index is -0.286. The quantitative estimate of drug-likeness (QED) is 0.612. The lowest BCUT2D eigenvalue weighted by Gasteiger charge is -2.00. The maximum Gasteiger partial charge on any atom is 0.205 e. The van der Waals surface area contributed by atoms with Crippen LogP contribution < -0.4 is 0 Å². The number of rotatable bonds is 4. The van der Waals surface area contributed by atoms with E-state index in [9.17, 15) is 9.59 Å². The molecule has 0 aliphatic rings. The van der Waals surface area contributed by atoms with Crippen molar-refractivity contribution < 1.29 is 14.0 Å². The molecule has 18 heavy (non-hydrogen) atoms. The molecule has 0 amide bonds. The van der Waals surface area contributed by atoms with E-state index in [1.807, 2.05) is 0 Å². The van der Waals surface area contributed by atoms with Gasteiger partial charge in [0.2, 0.25) is 5.78 Å². The van der Waals surface area contributed by atoms with Gasteiger partial charge < -0.3 is 8.98 Å². The molecule has 2 aromatic heterocycles. The second-order valence-corrected chi connectivity index (χ2v) is 4.21. The van der Waals surface area contributed by atoms with E-state index in [0.717, 1.165) is 0 Å². The molecule has 0 aliphatic heterocycles. The maximum absolute atomic E-state index is 12.0. The minimum Gasteiger partial charge on any atom is -0.466 e. The average molecular weight is 246 g/mol. The second kappa shape index (κ2) is 4.60. The fourth-order valence-electron chi connectivity index (χ4n) is 1.86. The number of aromatic nitrogens is 2. The van der Waals surface area contributed by atoms with Gasteiger partial charge in [-0.2, -0.15) is 0 Å². The van der Waals surface area contributed by atoms with Crippen molar-refractivity contribution in [3.63, 3.8) is 0 Å². The van der Waals surface area contributed by atoms with Gasteiger partial charge in [0.1, 0.15) is 11.5 Å². The standard InChI is InChI=1S/C13H14N2O3/c1-8-6-10(9(2)18-8)11(16)7-12(17)13-14-4-5-15(13)3/h4-6H,7H2,1-3H3. The Kier molecular flexibility index (Phi) is 3.14. The van der Waals surface area contributed by atoms with E-state index in [2.05, 4.69) is 4.98 Å². The van der Waals surface area contributed by atoms with E-state index in [4.69, 9.17) is 4.42 Å². The summed E-state index contributed by atoms with van der Waals surface area (Å²) in [6, 6.07) is 1.66. The summed E-state index contributed by atoms with van der Waals surface area (Å²) in [6.45, 7) is 3.48. The normalized spacial score (nSPS) is 10.6.